The van der Waals surface area contributed by atoms with Gasteiger partial charge in [-0.1, -0.05) is 23.9 Å². The minimum Gasteiger partial charge on any atom is -0.293 e. The van der Waals surface area contributed by atoms with Gasteiger partial charge < -0.3 is 0 Å². The molecule has 0 aliphatic heterocycles. The van der Waals surface area contributed by atoms with Gasteiger partial charge in [-0.25, -0.2) is 13.8 Å². The molecular formula is C22H15F2N3OS. The number of para-hydroxylation sites is 2. The van der Waals surface area contributed by atoms with Crippen molar-refractivity contribution in [3.05, 3.63) is 76.9 Å². The number of aryl methyl sites for hydroxylation is 1. The molecular weight excluding hydrogens is 392 g/mol. The Morgan fingerprint density at radius 3 is 2.66 bits per heavy atom. The third kappa shape index (κ3) is 3.26. The number of pyridine rings is 1. The molecule has 7 heteroatoms. The monoisotopic (exact) mass is 407 g/mol. The Labute approximate surface area is 169 Å². The molecule has 0 spiro atoms. The standard InChI is InChI=1S/C22H15F2N3OS/c1-12-9-20(29-13(2)21(28)14-7-8-16(23)17(24)10-14)27-19-6-4-3-5-18(19)26-22(27)15(12)11-25/h3-10,13H,1-2H3/t13-/m0/s1. The Hall–Kier alpha value is -3.24. The summed E-state index contributed by atoms with van der Waals surface area (Å²) in [5, 5.41) is 9.75. The van der Waals surface area contributed by atoms with Crippen LogP contribution in [0, 0.1) is 29.9 Å². The van der Waals surface area contributed by atoms with E-state index in [0.717, 1.165) is 33.8 Å². The van der Waals surface area contributed by atoms with Gasteiger partial charge in [-0.05, 0) is 55.8 Å². The molecule has 1 atom stereocenters. The van der Waals surface area contributed by atoms with Crippen LogP contribution >= 0.6 is 11.8 Å². The highest BCUT2D eigenvalue weighted by molar-refractivity contribution is 8.00. The summed E-state index contributed by atoms with van der Waals surface area (Å²) in [5.74, 6) is -2.35. The second kappa shape index (κ2) is 7.30. The molecule has 29 heavy (non-hydrogen) atoms. The van der Waals surface area contributed by atoms with Crippen molar-refractivity contribution in [2.45, 2.75) is 24.1 Å². The molecule has 0 saturated heterocycles. The minimum absolute atomic E-state index is 0.112. The summed E-state index contributed by atoms with van der Waals surface area (Å²) in [4.78, 5) is 17.4. The predicted molar refractivity (Wildman–Crippen MR) is 108 cm³/mol. The fourth-order valence-corrected chi connectivity index (χ4v) is 4.40. The summed E-state index contributed by atoms with van der Waals surface area (Å²) in [5.41, 5.74) is 3.45. The molecule has 4 nitrogen and oxygen atoms in total. The van der Waals surface area contributed by atoms with Crippen molar-refractivity contribution in [3.8, 4) is 6.07 Å². The second-order valence-corrected chi connectivity index (χ2v) is 8.03. The third-order valence-electron chi connectivity index (χ3n) is 4.72. The average Bonchev–Trinajstić information content (AvgIpc) is 3.09. The van der Waals surface area contributed by atoms with E-state index >= 15 is 0 Å². The van der Waals surface area contributed by atoms with Crippen LogP contribution in [0.4, 0.5) is 8.78 Å². The van der Waals surface area contributed by atoms with E-state index in [-0.39, 0.29) is 11.3 Å². The molecule has 0 radical (unpaired) electrons. The number of rotatable bonds is 4. The minimum atomic E-state index is -1.05. The summed E-state index contributed by atoms with van der Waals surface area (Å²) in [6.07, 6.45) is 0. The number of carbonyl (C=O) groups is 1. The Balaban J connectivity index is 1.80. The number of ketones is 1. The van der Waals surface area contributed by atoms with E-state index in [2.05, 4.69) is 11.1 Å². The quantitative estimate of drug-likeness (QED) is 0.340. The Kier molecular flexibility index (Phi) is 4.81. The summed E-state index contributed by atoms with van der Waals surface area (Å²) in [6.45, 7) is 3.54. The van der Waals surface area contributed by atoms with Crippen molar-refractivity contribution >= 4 is 34.2 Å². The van der Waals surface area contributed by atoms with E-state index in [1.54, 1.807) is 6.92 Å². The van der Waals surface area contributed by atoms with E-state index in [4.69, 9.17) is 0 Å². The van der Waals surface area contributed by atoms with Crippen LogP contribution in [0.2, 0.25) is 0 Å². The van der Waals surface area contributed by atoms with Crippen LogP contribution in [0.25, 0.3) is 16.7 Å². The number of imidazole rings is 1. The number of nitrogens with zero attached hydrogens (tertiary/aromatic N) is 3. The van der Waals surface area contributed by atoms with Crippen molar-refractivity contribution in [1.29, 1.82) is 5.26 Å². The number of benzene rings is 2. The summed E-state index contributed by atoms with van der Waals surface area (Å²) >= 11 is 1.29. The van der Waals surface area contributed by atoms with Gasteiger partial charge in [0.05, 0.1) is 26.9 Å². The fraction of sp³-hybridized carbons (Fsp3) is 0.136. The van der Waals surface area contributed by atoms with Gasteiger partial charge in [0.15, 0.2) is 23.1 Å². The smallest absolute Gasteiger partial charge is 0.176 e. The lowest BCUT2D eigenvalue weighted by atomic mass is 10.1. The van der Waals surface area contributed by atoms with E-state index < -0.39 is 16.9 Å². The summed E-state index contributed by atoms with van der Waals surface area (Å²) < 4.78 is 28.6. The number of halogens is 2. The maximum Gasteiger partial charge on any atom is 0.176 e. The molecule has 4 aromatic rings. The number of nitriles is 1. The number of fused-ring (bicyclic) bond motifs is 3. The van der Waals surface area contributed by atoms with Crippen LogP contribution in [-0.4, -0.2) is 20.4 Å². The lowest BCUT2D eigenvalue weighted by Crippen LogP contribution is -2.15. The molecule has 2 aromatic carbocycles. The zero-order valence-corrected chi connectivity index (χ0v) is 16.4. The average molecular weight is 407 g/mol. The van der Waals surface area contributed by atoms with Crippen LogP contribution in [-0.2, 0) is 0 Å². The summed E-state index contributed by atoms with van der Waals surface area (Å²) in [6, 6.07) is 14.7. The van der Waals surface area contributed by atoms with Crippen LogP contribution in [0.3, 0.4) is 0 Å². The molecule has 2 aromatic heterocycles. The number of hydrogen-bond acceptors (Lipinski definition) is 4. The molecule has 0 bridgehead atoms. The zero-order chi connectivity index (χ0) is 20.7. The third-order valence-corrected chi connectivity index (χ3v) is 5.83. The topological polar surface area (TPSA) is 58.2 Å². The van der Waals surface area contributed by atoms with Crippen LogP contribution in [0.5, 0.6) is 0 Å². The largest absolute Gasteiger partial charge is 0.293 e. The zero-order valence-electron chi connectivity index (χ0n) is 15.6. The maximum absolute atomic E-state index is 13.5. The number of Topliss-reactive ketones (excluding diaryl/α,β-unsaturated/α-hetero) is 1. The molecule has 0 N–H and O–H groups in total. The van der Waals surface area contributed by atoms with Crippen molar-refractivity contribution < 1.29 is 13.6 Å². The van der Waals surface area contributed by atoms with Gasteiger partial charge in [0.25, 0.3) is 0 Å². The fourth-order valence-electron chi connectivity index (χ4n) is 3.26. The molecule has 0 saturated carbocycles. The van der Waals surface area contributed by atoms with Gasteiger partial charge in [0.1, 0.15) is 6.07 Å². The lowest BCUT2D eigenvalue weighted by Gasteiger charge is -2.14. The first-order valence-corrected chi connectivity index (χ1v) is 9.75. The number of hydrogen-bond donors (Lipinski definition) is 0. The SMILES string of the molecule is Cc1cc(S[C@@H](C)C(=O)c2ccc(F)c(F)c2)n2c(nc3ccccc32)c1C#N. The Bertz CT molecular complexity index is 1320. The van der Waals surface area contributed by atoms with Gasteiger partial charge in [-0.15, -0.1) is 0 Å². The van der Waals surface area contributed by atoms with E-state index in [1.807, 2.05) is 41.7 Å². The molecule has 0 unspecified atom stereocenters. The molecule has 0 amide bonds. The highest BCUT2D eigenvalue weighted by Crippen LogP contribution is 2.32. The van der Waals surface area contributed by atoms with Crippen molar-refractivity contribution in [1.82, 2.24) is 9.38 Å². The van der Waals surface area contributed by atoms with Crippen LogP contribution < -0.4 is 0 Å². The Morgan fingerprint density at radius 1 is 1.17 bits per heavy atom. The normalized spacial score (nSPS) is 12.2. The number of carbonyl (C=O) groups excluding carboxylic acids is 1. The number of thioether (sulfide) groups is 1. The number of aromatic nitrogens is 2. The van der Waals surface area contributed by atoms with Crippen molar-refractivity contribution in [2.24, 2.45) is 0 Å². The van der Waals surface area contributed by atoms with Crippen LogP contribution in [0.1, 0.15) is 28.4 Å². The van der Waals surface area contributed by atoms with Gasteiger partial charge in [0.2, 0.25) is 0 Å². The molecule has 0 aliphatic rings. The molecule has 0 aliphatic carbocycles. The molecule has 144 valence electrons. The van der Waals surface area contributed by atoms with Gasteiger partial charge in [-0.3, -0.25) is 9.20 Å². The van der Waals surface area contributed by atoms with Gasteiger partial charge in [-0.2, -0.15) is 5.26 Å². The van der Waals surface area contributed by atoms with Crippen molar-refractivity contribution in [3.63, 3.8) is 0 Å². The molecule has 4 rings (SSSR count). The van der Waals surface area contributed by atoms with Gasteiger partial charge in [0, 0.05) is 5.56 Å². The maximum atomic E-state index is 13.5. The molecule has 0 fully saturated rings. The first-order valence-electron chi connectivity index (χ1n) is 8.87. The van der Waals surface area contributed by atoms with E-state index in [9.17, 15) is 18.8 Å². The highest BCUT2D eigenvalue weighted by Gasteiger charge is 2.22. The van der Waals surface area contributed by atoms with Crippen molar-refractivity contribution in [2.75, 3.05) is 0 Å². The first-order chi connectivity index (χ1) is 13.9. The van der Waals surface area contributed by atoms with E-state index in [0.29, 0.717) is 11.2 Å². The first kappa shape index (κ1) is 19.1. The summed E-state index contributed by atoms with van der Waals surface area (Å²) in [7, 11) is 0. The highest BCUT2D eigenvalue weighted by atomic mass is 32.2. The van der Waals surface area contributed by atoms with Crippen LogP contribution in [0.15, 0.2) is 53.6 Å². The second-order valence-electron chi connectivity index (χ2n) is 6.67. The predicted octanol–water partition coefficient (Wildman–Crippen LogP) is 5.31. The Morgan fingerprint density at radius 2 is 1.93 bits per heavy atom. The van der Waals surface area contributed by atoms with Gasteiger partial charge >= 0.3 is 0 Å². The molecule has 2 heterocycles. The van der Waals surface area contributed by atoms with E-state index in [1.165, 1.54) is 17.8 Å². The lowest BCUT2D eigenvalue weighted by molar-refractivity contribution is 0.0993.